The molecule has 0 aliphatic heterocycles. The van der Waals surface area contributed by atoms with Crippen LogP contribution in [0, 0.1) is 11.6 Å². The maximum absolute atomic E-state index is 13.1. The summed E-state index contributed by atoms with van der Waals surface area (Å²) in [5.41, 5.74) is 5.30. The van der Waals surface area contributed by atoms with Gasteiger partial charge < -0.3 is 5.73 Å². The van der Waals surface area contributed by atoms with Gasteiger partial charge >= 0.3 is 6.03 Å². The minimum absolute atomic E-state index is 0.399. The van der Waals surface area contributed by atoms with Crippen molar-refractivity contribution in [3.8, 4) is 0 Å². The van der Waals surface area contributed by atoms with Gasteiger partial charge in [0.15, 0.2) is 11.6 Å². The Morgan fingerprint density at radius 2 is 1.84 bits per heavy atom. The first kappa shape index (κ1) is 15.0. The van der Waals surface area contributed by atoms with Crippen LogP contribution in [0.2, 0.25) is 0 Å². The lowest BCUT2D eigenvalue weighted by Crippen LogP contribution is -2.47. The van der Waals surface area contributed by atoms with Gasteiger partial charge in [-0.3, -0.25) is 15.4 Å². The zero-order valence-electron chi connectivity index (χ0n) is 10.5. The van der Waals surface area contributed by atoms with E-state index >= 15 is 0 Å². The van der Waals surface area contributed by atoms with Crippen molar-refractivity contribution in [2.75, 3.05) is 0 Å². The van der Waals surface area contributed by atoms with Crippen molar-refractivity contribution in [3.63, 3.8) is 0 Å². The van der Waals surface area contributed by atoms with E-state index in [1.54, 1.807) is 6.92 Å². The number of amides is 3. The molecule has 2 atom stereocenters. The summed E-state index contributed by atoms with van der Waals surface area (Å²) in [5.74, 6) is -2.49. The monoisotopic (exact) mass is 271 g/mol. The van der Waals surface area contributed by atoms with Crippen molar-refractivity contribution in [1.29, 1.82) is 0 Å². The summed E-state index contributed by atoms with van der Waals surface area (Å²) in [6.45, 7) is 3.20. The second-order valence-corrected chi connectivity index (χ2v) is 4.14. The third-order valence-corrected chi connectivity index (χ3v) is 2.58. The number of hydrogen-bond acceptors (Lipinski definition) is 3. The summed E-state index contributed by atoms with van der Waals surface area (Å²) in [6.07, 6.45) is 0. The normalized spacial score (nSPS) is 13.7. The summed E-state index contributed by atoms with van der Waals surface area (Å²) in [5, 5.41) is 4.76. The summed E-state index contributed by atoms with van der Waals surface area (Å²) >= 11 is 0. The van der Waals surface area contributed by atoms with Crippen molar-refractivity contribution in [3.05, 3.63) is 35.4 Å². The van der Waals surface area contributed by atoms with Gasteiger partial charge in [-0.05, 0) is 31.5 Å². The highest BCUT2D eigenvalue weighted by molar-refractivity contribution is 5.96. The Bertz CT molecular complexity index is 494. The Hall–Kier alpha value is -2.02. The van der Waals surface area contributed by atoms with Crippen molar-refractivity contribution >= 4 is 11.9 Å². The van der Waals surface area contributed by atoms with E-state index in [4.69, 9.17) is 5.73 Å². The second kappa shape index (κ2) is 6.24. The summed E-state index contributed by atoms with van der Waals surface area (Å²) in [6, 6.07) is 1.41. The van der Waals surface area contributed by atoms with E-state index in [-0.39, 0.29) is 0 Å². The van der Waals surface area contributed by atoms with E-state index in [2.05, 4.69) is 5.32 Å². The average Bonchev–Trinajstić information content (AvgIpc) is 2.31. The van der Waals surface area contributed by atoms with Crippen LogP contribution < -0.4 is 16.4 Å². The SMILES string of the molecule is C[C@@H](N[C@H](C)c1ccc(F)c(F)c1)C(=O)NC(N)=O. The summed E-state index contributed by atoms with van der Waals surface area (Å²) in [7, 11) is 0. The number of urea groups is 1. The van der Waals surface area contributed by atoms with Crippen molar-refractivity contribution in [2.45, 2.75) is 25.9 Å². The van der Waals surface area contributed by atoms with Crippen molar-refractivity contribution in [2.24, 2.45) is 5.73 Å². The van der Waals surface area contributed by atoms with E-state index < -0.39 is 35.7 Å². The predicted molar refractivity (Wildman–Crippen MR) is 65.1 cm³/mol. The molecule has 1 aromatic carbocycles. The van der Waals surface area contributed by atoms with Gasteiger partial charge in [-0.15, -0.1) is 0 Å². The Morgan fingerprint density at radius 3 is 2.37 bits per heavy atom. The molecule has 19 heavy (non-hydrogen) atoms. The van der Waals surface area contributed by atoms with Gasteiger partial charge in [-0.2, -0.15) is 0 Å². The van der Waals surface area contributed by atoms with Gasteiger partial charge in [-0.1, -0.05) is 6.07 Å². The molecule has 0 heterocycles. The van der Waals surface area contributed by atoms with Gasteiger partial charge in [0, 0.05) is 6.04 Å². The van der Waals surface area contributed by atoms with Crippen LogP contribution in [-0.4, -0.2) is 18.0 Å². The van der Waals surface area contributed by atoms with E-state index in [9.17, 15) is 18.4 Å². The first-order chi connectivity index (χ1) is 8.81. The molecule has 5 nitrogen and oxygen atoms in total. The highest BCUT2D eigenvalue weighted by Crippen LogP contribution is 2.16. The van der Waals surface area contributed by atoms with Crippen molar-refractivity contribution < 1.29 is 18.4 Å². The number of rotatable bonds is 4. The molecule has 7 heteroatoms. The Morgan fingerprint density at radius 1 is 1.21 bits per heavy atom. The van der Waals surface area contributed by atoms with Crippen LogP contribution in [0.1, 0.15) is 25.5 Å². The Kier molecular flexibility index (Phi) is 4.94. The largest absolute Gasteiger partial charge is 0.351 e. The van der Waals surface area contributed by atoms with E-state index in [1.807, 2.05) is 5.32 Å². The van der Waals surface area contributed by atoms with E-state index in [1.165, 1.54) is 13.0 Å². The molecule has 0 radical (unpaired) electrons. The van der Waals surface area contributed by atoms with Crippen LogP contribution in [0.15, 0.2) is 18.2 Å². The fourth-order valence-corrected chi connectivity index (χ4v) is 1.56. The fourth-order valence-electron chi connectivity index (χ4n) is 1.56. The molecule has 0 unspecified atom stereocenters. The number of hydrogen-bond donors (Lipinski definition) is 3. The molecule has 0 fully saturated rings. The topological polar surface area (TPSA) is 84.2 Å². The average molecular weight is 271 g/mol. The van der Waals surface area contributed by atoms with Crippen LogP contribution in [0.4, 0.5) is 13.6 Å². The molecule has 0 aliphatic carbocycles. The smallest absolute Gasteiger partial charge is 0.318 e. The lowest BCUT2D eigenvalue weighted by molar-refractivity contribution is -0.121. The highest BCUT2D eigenvalue weighted by atomic mass is 19.2. The van der Waals surface area contributed by atoms with Crippen LogP contribution in [-0.2, 0) is 4.79 Å². The number of nitrogens with one attached hydrogen (secondary N) is 2. The van der Waals surface area contributed by atoms with Gasteiger partial charge in [0.25, 0.3) is 0 Å². The highest BCUT2D eigenvalue weighted by Gasteiger charge is 2.18. The quantitative estimate of drug-likeness (QED) is 0.769. The molecule has 0 aromatic heterocycles. The lowest BCUT2D eigenvalue weighted by Gasteiger charge is -2.19. The Labute approximate surface area is 109 Å². The number of carbonyl (C=O) groups is 2. The molecule has 3 amide bonds. The molecule has 104 valence electrons. The number of benzene rings is 1. The van der Waals surface area contributed by atoms with Gasteiger partial charge in [-0.25, -0.2) is 13.6 Å². The second-order valence-electron chi connectivity index (χ2n) is 4.14. The molecular formula is C12H15F2N3O2. The van der Waals surface area contributed by atoms with Crippen LogP contribution in [0.5, 0.6) is 0 Å². The third kappa shape index (κ3) is 4.29. The molecule has 0 saturated carbocycles. The van der Waals surface area contributed by atoms with E-state index in [0.29, 0.717) is 5.56 Å². The zero-order valence-corrected chi connectivity index (χ0v) is 10.5. The molecule has 0 bridgehead atoms. The number of nitrogens with two attached hydrogens (primary N) is 1. The molecule has 0 spiro atoms. The Balaban J connectivity index is 2.68. The van der Waals surface area contributed by atoms with Crippen LogP contribution in [0.25, 0.3) is 0 Å². The van der Waals surface area contributed by atoms with E-state index in [0.717, 1.165) is 12.1 Å². The standard InChI is InChI=1S/C12H15F2N3O2/c1-6(8-3-4-9(13)10(14)5-8)16-7(2)11(18)17-12(15)19/h3-7,16H,1-2H3,(H3,15,17,18,19)/t6-,7-/m1/s1. The maximum Gasteiger partial charge on any atom is 0.318 e. The number of imide groups is 1. The number of carbonyl (C=O) groups excluding carboxylic acids is 2. The van der Waals surface area contributed by atoms with Gasteiger partial charge in [0.05, 0.1) is 6.04 Å². The fraction of sp³-hybridized carbons (Fsp3) is 0.333. The van der Waals surface area contributed by atoms with Crippen LogP contribution in [0.3, 0.4) is 0 Å². The van der Waals surface area contributed by atoms with Crippen molar-refractivity contribution in [1.82, 2.24) is 10.6 Å². The maximum atomic E-state index is 13.1. The number of halogens is 2. The number of primary amides is 1. The molecule has 0 aliphatic rings. The summed E-state index contributed by atoms with van der Waals surface area (Å²) in [4.78, 5) is 22.0. The summed E-state index contributed by atoms with van der Waals surface area (Å²) < 4.78 is 25.8. The van der Waals surface area contributed by atoms with Gasteiger partial charge in [0.2, 0.25) is 5.91 Å². The lowest BCUT2D eigenvalue weighted by atomic mass is 10.1. The third-order valence-electron chi connectivity index (χ3n) is 2.58. The first-order valence-electron chi connectivity index (χ1n) is 5.62. The minimum atomic E-state index is -0.958. The van der Waals surface area contributed by atoms with Gasteiger partial charge in [0.1, 0.15) is 0 Å². The molecule has 0 saturated heterocycles. The minimum Gasteiger partial charge on any atom is -0.351 e. The molecular weight excluding hydrogens is 256 g/mol. The molecule has 4 N–H and O–H groups in total. The first-order valence-corrected chi connectivity index (χ1v) is 5.62. The van der Waals surface area contributed by atoms with Crippen LogP contribution >= 0.6 is 0 Å². The predicted octanol–water partition coefficient (Wildman–Crippen LogP) is 1.20. The zero-order chi connectivity index (χ0) is 14.6. The molecule has 1 rings (SSSR count). The molecule has 1 aromatic rings.